The Labute approximate surface area is 162 Å². The molecule has 9 nitrogen and oxygen atoms in total. The van der Waals surface area contributed by atoms with E-state index >= 15 is 0 Å². The van der Waals surface area contributed by atoms with Gasteiger partial charge in [-0.05, 0) is 39.2 Å². The van der Waals surface area contributed by atoms with Crippen molar-refractivity contribution in [3.63, 3.8) is 0 Å². The number of methoxy groups -OCH3 is 1. The predicted octanol–water partition coefficient (Wildman–Crippen LogP) is 1.74. The Kier molecular flexibility index (Phi) is 4.60. The molecule has 28 heavy (non-hydrogen) atoms. The fraction of sp³-hybridized carbons (Fsp3) is 0.368. The summed E-state index contributed by atoms with van der Waals surface area (Å²) in [5.41, 5.74) is 2.77. The zero-order valence-corrected chi connectivity index (χ0v) is 16.3. The molecular weight excluding hydrogens is 360 g/mol. The summed E-state index contributed by atoms with van der Waals surface area (Å²) < 4.78 is 14.5. The van der Waals surface area contributed by atoms with Gasteiger partial charge in [-0.15, -0.1) is 10.2 Å². The molecule has 0 saturated carbocycles. The molecule has 1 aromatic carbocycles. The van der Waals surface area contributed by atoms with Gasteiger partial charge in [0.25, 0.3) is 0 Å². The number of carbonyl (C=O) groups excluding carboxylic acids is 1. The highest BCUT2D eigenvalue weighted by molar-refractivity contribution is 5.89. The molecule has 146 valence electrons. The zero-order valence-electron chi connectivity index (χ0n) is 16.3. The molecule has 0 N–H and O–H groups in total. The molecule has 4 rings (SSSR count). The second-order valence-corrected chi connectivity index (χ2v) is 6.78. The summed E-state index contributed by atoms with van der Waals surface area (Å²) in [5, 5.41) is 8.83. The Morgan fingerprint density at radius 3 is 2.82 bits per heavy atom. The lowest BCUT2D eigenvalue weighted by Crippen LogP contribution is -2.18. The van der Waals surface area contributed by atoms with Gasteiger partial charge in [-0.1, -0.05) is 0 Å². The van der Waals surface area contributed by atoms with Crippen LogP contribution in [0.25, 0.3) is 17.1 Å². The van der Waals surface area contributed by atoms with Gasteiger partial charge in [-0.2, -0.15) is 0 Å². The van der Waals surface area contributed by atoms with E-state index in [1.54, 1.807) is 20.4 Å². The van der Waals surface area contributed by atoms with Crippen molar-refractivity contribution in [1.29, 1.82) is 0 Å². The highest BCUT2D eigenvalue weighted by Gasteiger charge is 2.28. The van der Waals surface area contributed by atoms with Crippen LogP contribution in [-0.4, -0.2) is 63.0 Å². The minimum absolute atomic E-state index is 0.294. The molecule has 1 aliphatic heterocycles. The van der Waals surface area contributed by atoms with Gasteiger partial charge in [0.1, 0.15) is 17.9 Å². The van der Waals surface area contributed by atoms with Crippen LogP contribution in [0.3, 0.4) is 0 Å². The maximum Gasteiger partial charge on any atom is 0.358 e. The van der Waals surface area contributed by atoms with Gasteiger partial charge in [0, 0.05) is 5.56 Å². The monoisotopic (exact) mass is 382 g/mol. The van der Waals surface area contributed by atoms with Gasteiger partial charge in [0.2, 0.25) is 0 Å². The SMILES string of the molecule is CCOC(=O)c1ncn2c1Cn1c(CN(C)C)nnc1-c1cc(OC)ccc1-2. The Bertz CT molecular complexity index is 1040. The van der Waals surface area contributed by atoms with E-state index in [0.29, 0.717) is 25.4 Å². The van der Waals surface area contributed by atoms with E-state index in [9.17, 15) is 4.79 Å². The Morgan fingerprint density at radius 1 is 1.29 bits per heavy atom. The average molecular weight is 382 g/mol. The minimum atomic E-state index is -0.433. The molecule has 3 aromatic rings. The molecule has 0 saturated heterocycles. The molecule has 0 amide bonds. The lowest BCUT2D eigenvalue weighted by atomic mass is 10.1. The van der Waals surface area contributed by atoms with Gasteiger partial charge in [-0.3, -0.25) is 4.57 Å². The fourth-order valence-corrected chi connectivity index (χ4v) is 3.38. The van der Waals surface area contributed by atoms with E-state index in [1.807, 2.05) is 46.3 Å². The number of rotatable bonds is 5. The van der Waals surface area contributed by atoms with Gasteiger partial charge >= 0.3 is 5.97 Å². The third kappa shape index (κ3) is 2.93. The van der Waals surface area contributed by atoms with Gasteiger partial charge in [0.15, 0.2) is 11.5 Å². The first-order chi connectivity index (χ1) is 13.5. The van der Waals surface area contributed by atoms with Crippen molar-refractivity contribution >= 4 is 5.97 Å². The molecule has 1 aliphatic rings. The lowest BCUT2D eigenvalue weighted by Gasteiger charge is -2.12. The number of carbonyl (C=O) groups is 1. The molecule has 0 radical (unpaired) electrons. The van der Waals surface area contributed by atoms with Crippen LogP contribution in [0.4, 0.5) is 0 Å². The van der Waals surface area contributed by atoms with E-state index in [4.69, 9.17) is 9.47 Å². The average Bonchev–Trinajstić information content (AvgIpc) is 3.23. The first-order valence-electron chi connectivity index (χ1n) is 9.02. The summed E-state index contributed by atoms with van der Waals surface area (Å²) in [5.74, 6) is 1.82. The second kappa shape index (κ2) is 7.08. The number of benzene rings is 1. The topological polar surface area (TPSA) is 87.3 Å². The van der Waals surface area contributed by atoms with E-state index < -0.39 is 5.97 Å². The third-order valence-corrected chi connectivity index (χ3v) is 4.63. The van der Waals surface area contributed by atoms with Crippen molar-refractivity contribution in [1.82, 2.24) is 29.2 Å². The van der Waals surface area contributed by atoms with Gasteiger partial charge < -0.3 is 18.9 Å². The van der Waals surface area contributed by atoms with Crippen molar-refractivity contribution < 1.29 is 14.3 Å². The van der Waals surface area contributed by atoms with Crippen LogP contribution >= 0.6 is 0 Å². The summed E-state index contributed by atoms with van der Waals surface area (Å²) in [7, 11) is 5.58. The molecule has 0 aliphatic carbocycles. The van der Waals surface area contributed by atoms with Crippen LogP contribution in [-0.2, 0) is 17.8 Å². The van der Waals surface area contributed by atoms with Crippen LogP contribution in [0.1, 0.15) is 28.9 Å². The minimum Gasteiger partial charge on any atom is -0.497 e. The van der Waals surface area contributed by atoms with Crippen molar-refractivity contribution in [2.45, 2.75) is 20.0 Å². The van der Waals surface area contributed by atoms with E-state index in [0.717, 1.165) is 34.3 Å². The zero-order chi connectivity index (χ0) is 19.8. The number of nitrogens with zero attached hydrogens (tertiary/aromatic N) is 6. The van der Waals surface area contributed by atoms with Crippen LogP contribution < -0.4 is 4.74 Å². The maximum absolute atomic E-state index is 12.4. The normalized spacial score (nSPS) is 12.2. The van der Waals surface area contributed by atoms with Gasteiger partial charge in [0.05, 0.1) is 38.2 Å². The number of ether oxygens (including phenoxy) is 2. The van der Waals surface area contributed by atoms with Crippen LogP contribution in [0, 0.1) is 0 Å². The van der Waals surface area contributed by atoms with E-state index in [1.165, 1.54) is 0 Å². The van der Waals surface area contributed by atoms with Crippen LogP contribution in [0.5, 0.6) is 5.75 Å². The fourth-order valence-electron chi connectivity index (χ4n) is 3.38. The molecule has 0 fully saturated rings. The molecule has 2 aromatic heterocycles. The number of hydrogen-bond acceptors (Lipinski definition) is 7. The van der Waals surface area contributed by atoms with Crippen LogP contribution in [0.15, 0.2) is 24.5 Å². The second-order valence-electron chi connectivity index (χ2n) is 6.78. The largest absolute Gasteiger partial charge is 0.497 e. The van der Waals surface area contributed by atoms with Crippen LogP contribution in [0.2, 0.25) is 0 Å². The highest BCUT2D eigenvalue weighted by Crippen LogP contribution is 2.35. The molecular formula is C19H22N6O3. The summed E-state index contributed by atoms with van der Waals surface area (Å²) in [4.78, 5) is 18.8. The Balaban J connectivity index is 1.95. The molecule has 9 heteroatoms. The van der Waals surface area contributed by atoms with Gasteiger partial charge in [-0.25, -0.2) is 9.78 Å². The summed E-state index contributed by atoms with van der Waals surface area (Å²) >= 11 is 0. The smallest absolute Gasteiger partial charge is 0.358 e. The lowest BCUT2D eigenvalue weighted by molar-refractivity contribution is 0.0518. The van der Waals surface area contributed by atoms with Crippen molar-refractivity contribution in [2.75, 3.05) is 27.8 Å². The number of fused-ring (bicyclic) bond motifs is 5. The Hall–Kier alpha value is -3.20. The third-order valence-electron chi connectivity index (χ3n) is 4.63. The van der Waals surface area contributed by atoms with Crippen molar-refractivity contribution in [3.05, 3.63) is 41.7 Å². The number of aromatic nitrogens is 5. The highest BCUT2D eigenvalue weighted by atomic mass is 16.5. The quantitative estimate of drug-likeness (QED) is 0.486. The van der Waals surface area contributed by atoms with E-state index in [-0.39, 0.29) is 0 Å². The summed E-state index contributed by atoms with van der Waals surface area (Å²) in [6, 6.07) is 5.73. The summed E-state index contributed by atoms with van der Waals surface area (Å²) in [6.45, 7) is 3.11. The first kappa shape index (κ1) is 18.2. The molecule has 0 spiro atoms. The van der Waals surface area contributed by atoms with E-state index in [2.05, 4.69) is 15.2 Å². The Morgan fingerprint density at radius 2 is 2.11 bits per heavy atom. The molecule has 0 unspecified atom stereocenters. The standard InChI is InChI=1S/C19H22N6O3/c1-5-28-19(26)17-15-9-24-16(10-23(2)3)21-22-18(24)13-8-12(27-4)6-7-14(13)25(15)11-20-17/h6-8,11H,5,9-10H2,1-4H3. The van der Waals surface area contributed by atoms with Crippen molar-refractivity contribution in [2.24, 2.45) is 0 Å². The summed E-state index contributed by atoms with van der Waals surface area (Å²) in [6.07, 6.45) is 1.65. The number of hydrogen-bond donors (Lipinski definition) is 0. The molecule has 0 bridgehead atoms. The first-order valence-corrected chi connectivity index (χ1v) is 9.02. The number of esters is 1. The maximum atomic E-state index is 12.4. The van der Waals surface area contributed by atoms with Crippen molar-refractivity contribution in [3.8, 4) is 22.8 Å². The number of imidazole rings is 1. The molecule has 3 heterocycles. The predicted molar refractivity (Wildman–Crippen MR) is 102 cm³/mol. The molecule has 0 atom stereocenters.